The van der Waals surface area contributed by atoms with E-state index in [1.165, 1.54) is 0 Å². The zero-order chi connectivity index (χ0) is 23.2. The predicted molar refractivity (Wildman–Crippen MR) is 131 cm³/mol. The first-order valence-electron chi connectivity index (χ1n) is 10.7. The van der Waals surface area contributed by atoms with Gasteiger partial charge in [-0.3, -0.25) is 4.79 Å². The molecular weight excluding hydrogens is 414 g/mol. The van der Waals surface area contributed by atoms with Crippen LogP contribution in [0.1, 0.15) is 29.8 Å². The molecule has 0 aliphatic carbocycles. The Balaban J connectivity index is 1.65. The summed E-state index contributed by atoms with van der Waals surface area (Å²) in [6.45, 7) is 3.88. The Kier molecular flexibility index (Phi) is 6.64. The number of nitrogens with zero attached hydrogens (tertiary/aromatic N) is 2. The second kappa shape index (κ2) is 9.96. The van der Waals surface area contributed by atoms with E-state index in [2.05, 4.69) is 10.5 Å². The van der Waals surface area contributed by atoms with Gasteiger partial charge in [-0.05, 0) is 38.1 Å². The summed E-state index contributed by atoms with van der Waals surface area (Å²) in [7, 11) is 1.59. The van der Waals surface area contributed by atoms with Crippen molar-refractivity contribution in [2.24, 2.45) is 5.10 Å². The molecule has 1 amide bonds. The average Bonchev–Trinajstić information content (AvgIpc) is 2.84. The molecule has 4 aromatic rings. The Labute approximate surface area is 192 Å². The molecule has 0 atom stereocenters. The first-order valence-corrected chi connectivity index (χ1v) is 10.7. The molecule has 0 unspecified atom stereocenters. The Hall–Kier alpha value is -4.19. The van der Waals surface area contributed by atoms with Crippen LogP contribution in [0.2, 0.25) is 0 Å². The molecule has 33 heavy (non-hydrogen) atoms. The summed E-state index contributed by atoms with van der Waals surface area (Å²) in [4.78, 5) is 17.8. The molecule has 0 aliphatic heterocycles. The lowest BCUT2D eigenvalue weighted by Gasteiger charge is -2.15. The van der Waals surface area contributed by atoms with E-state index in [0.29, 0.717) is 22.6 Å². The van der Waals surface area contributed by atoms with Gasteiger partial charge in [0.1, 0.15) is 0 Å². The van der Waals surface area contributed by atoms with Gasteiger partial charge < -0.3 is 9.47 Å². The smallest absolute Gasteiger partial charge is 0.272 e. The largest absolute Gasteiger partial charge is 0.493 e. The Morgan fingerprint density at radius 2 is 1.76 bits per heavy atom. The number of ether oxygens (including phenoxy) is 2. The SMILES string of the molecule is COc1cccc(/C=N\NC(=O)c2cc(-c3ccccc3)nc3ccccc23)c1OC(C)C. The average molecular weight is 440 g/mol. The molecule has 0 aliphatic rings. The standard InChI is InChI=1S/C27H25N3O3/c1-18(2)33-26-20(12-9-15-25(26)32-3)17-28-30-27(31)22-16-24(19-10-5-4-6-11-19)29-23-14-8-7-13-21(22)23/h4-18H,1-3H3,(H,30,31)/b28-17-. The van der Waals surface area contributed by atoms with Gasteiger partial charge in [0, 0.05) is 16.5 Å². The predicted octanol–water partition coefficient (Wildman–Crippen LogP) is 5.46. The fourth-order valence-corrected chi connectivity index (χ4v) is 3.50. The summed E-state index contributed by atoms with van der Waals surface area (Å²) in [6.07, 6.45) is 1.52. The number of pyridine rings is 1. The lowest BCUT2D eigenvalue weighted by atomic mass is 10.0. The number of carbonyl (C=O) groups is 1. The molecule has 0 spiro atoms. The highest BCUT2D eigenvalue weighted by atomic mass is 16.5. The fourth-order valence-electron chi connectivity index (χ4n) is 3.50. The monoisotopic (exact) mass is 439 g/mol. The second-order valence-electron chi connectivity index (χ2n) is 7.68. The molecule has 4 rings (SSSR count). The molecule has 0 saturated carbocycles. The third-order valence-corrected chi connectivity index (χ3v) is 4.98. The van der Waals surface area contributed by atoms with Crippen LogP contribution in [0.15, 0.2) is 84.0 Å². The minimum atomic E-state index is -0.323. The highest BCUT2D eigenvalue weighted by molar-refractivity contribution is 6.07. The van der Waals surface area contributed by atoms with Crippen LogP contribution in [0.4, 0.5) is 0 Å². The maximum atomic E-state index is 13.1. The minimum Gasteiger partial charge on any atom is -0.493 e. The zero-order valence-electron chi connectivity index (χ0n) is 18.8. The molecule has 1 aromatic heterocycles. The van der Waals surface area contributed by atoms with Crippen LogP contribution in [0.5, 0.6) is 11.5 Å². The first kappa shape index (κ1) is 22.0. The number of hydrogen-bond acceptors (Lipinski definition) is 5. The van der Waals surface area contributed by atoms with E-state index in [0.717, 1.165) is 22.2 Å². The lowest BCUT2D eigenvalue weighted by Crippen LogP contribution is -2.18. The molecule has 0 fully saturated rings. The lowest BCUT2D eigenvalue weighted by molar-refractivity contribution is 0.0956. The van der Waals surface area contributed by atoms with Crippen LogP contribution in [0.3, 0.4) is 0 Å². The molecule has 166 valence electrons. The van der Waals surface area contributed by atoms with Gasteiger partial charge in [-0.15, -0.1) is 0 Å². The van der Waals surface area contributed by atoms with E-state index < -0.39 is 0 Å². The number of hydrogen-bond donors (Lipinski definition) is 1. The molecule has 6 heteroatoms. The van der Waals surface area contributed by atoms with Gasteiger partial charge in [-0.2, -0.15) is 5.10 Å². The topological polar surface area (TPSA) is 72.8 Å². The molecule has 1 heterocycles. The van der Waals surface area contributed by atoms with E-state index in [1.54, 1.807) is 19.4 Å². The van der Waals surface area contributed by atoms with Gasteiger partial charge in [-0.1, -0.05) is 54.6 Å². The molecule has 0 radical (unpaired) electrons. The van der Waals surface area contributed by atoms with Gasteiger partial charge in [0.05, 0.1) is 36.2 Å². The second-order valence-corrected chi connectivity index (χ2v) is 7.68. The first-order chi connectivity index (χ1) is 16.1. The number of fused-ring (bicyclic) bond motifs is 1. The maximum absolute atomic E-state index is 13.1. The molecule has 0 saturated heterocycles. The molecular formula is C27H25N3O3. The Morgan fingerprint density at radius 1 is 1.00 bits per heavy atom. The van der Waals surface area contributed by atoms with Crippen molar-refractivity contribution < 1.29 is 14.3 Å². The van der Waals surface area contributed by atoms with Gasteiger partial charge in [0.15, 0.2) is 11.5 Å². The third-order valence-electron chi connectivity index (χ3n) is 4.98. The highest BCUT2D eigenvalue weighted by Gasteiger charge is 2.14. The molecule has 6 nitrogen and oxygen atoms in total. The van der Waals surface area contributed by atoms with Crippen molar-refractivity contribution in [3.05, 3.63) is 90.0 Å². The summed E-state index contributed by atoms with van der Waals surface area (Å²) >= 11 is 0. The summed E-state index contributed by atoms with van der Waals surface area (Å²) in [5.41, 5.74) is 6.25. The fraction of sp³-hybridized carbons (Fsp3) is 0.148. The number of aromatic nitrogens is 1. The summed E-state index contributed by atoms with van der Waals surface area (Å²) in [5.74, 6) is 0.858. The molecule has 1 N–H and O–H groups in total. The quantitative estimate of drug-likeness (QED) is 0.306. The normalized spacial score (nSPS) is 11.2. The van der Waals surface area contributed by atoms with Crippen molar-refractivity contribution >= 4 is 23.0 Å². The van der Waals surface area contributed by atoms with E-state index in [9.17, 15) is 4.79 Å². The zero-order valence-corrected chi connectivity index (χ0v) is 18.8. The van der Waals surface area contributed by atoms with Crippen LogP contribution in [-0.4, -0.2) is 30.3 Å². The van der Waals surface area contributed by atoms with Crippen molar-refractivity contribution in [1.29, 1.82) is 0 Å². The van der Waals surface area contributed by atoms with Crippen molar-refractivity contribution in [3.8, 4) is 22.8 Å². The van der Waals surface area contributed by atoms with Gasteiger partial charge >= 0.3 is 0 Å². The van der Waals surface area contributed by atoms with Gasteiger partial charge in [0.2, 0.25) is 0 Å². The number of nitrogens with one attached hydrogen (secondary N) is 1. The number of carbonyl (C=O) groups excluding carboxylic acids is 1. The summed E-state index contributed by atoms with van der Waals surface area (Å²) < 4.78 is 11.3. The van der Waals surface area contributed by atoms with Crippen molar-refractivity contribution in [3.63, 3.8) is 0 Å². The summed E-state index contributed by atoms with van der Waals surface area (Å²) in [6, 6.07) is 24.7. The number of methoxy groups -OCH3 is 1. The number of para-hydroxylation sites is 2. The van der Waals surface area contributed by atoms with Crippen molar-refractivity contribution in [2.45, 2.75) is 20.0 Å². The Bertz CT molecular complexity index is 1300. The summed E-state index contributed by atoms with van der Waals surface area (Å²) in [5, 5.41) is 4.95. The number of amides is 1. The van der Waals surface area contributed by atoms with Crippen molar-refractivity contribution in [2.75, 3.05) is 7.11 Å². The minimum absolute atomic E-state index is 0.0392. The molecule has 0 bridgehead atoms. The maximum Gasteiger partial charge on any atom is 0.272 e. The highest BCUT2D eigenvalue weighted by Crippen LogP contribution is 2.31. The van der Waals surface area contributed by atoms with Crippen LogP contribution >= 0.6 is 0 Å². The van der Waals surface area contributed by atoms with E-state index in [-0.39, 0.29) is 12.0 Å². The van der Waals surface area contributed by atoms with Crippen LogP contribution in [0, 0.1) is 0 Å². The van der Waals surface area contributed by atoms with Gasteiger partial charge in [-0.25, -0.2) is 10.4 Å². The van der Waals surface area contributed by atoms with Crippen LogP contribution in [0.25, 0.3) is 22.2 Å². The van der Waals surface area contributed by atoms with Crippen LogP contribution < -0.4 is 14.9 Å². The van der Waals surface area contributed by atoms with E-state index in [1.807, 2.05) is 86.6 Å². The van der Waals surface area contributed by atoms with E-state index in [4.69, 9.17) is 14.5 Å². The number of rotatable bonds is 7. The number of benzene rings is 3. The third kappa shape index (κ3) is 5.01. The van der Waals surface area contributed by atoms with Crippen LogP contribution in [-0.2, 0) is 0 Å². The van der Waals surface area contributed by atoms with Crippen molar-refractivity contribution in [1.82, 2.24) is 10.4 Å². The number of hydrazone groups is 1. The molecule has 3 aromatic carbocycles. The van der Waals surface area contributed by atoms with Gasteiger partial charge in [0.25, 0.3) is 5.91 Å². The Morgan fingerprint density at radius 3 is 2.52 bits per heavy atom. The van der Waals surface area contributed by atoms with E-state index >= 15 is 0 Å².